The van der Waals surface area contributed by atoms with Crippen LogP contribution in [0, 0.1) is 0 Å². The third-order valence-corrected chi connectivity index (χ3v) is 7.20. The Morgan fingerprint density at radius 1 is 1.14 bits per heavy atom. The molecule has 0 radical (unpaired) electrons. The van der Waals surface area contributed by atoms with E-state index in [0.29, 0.717) is 18.1 Å². The van der Waals surface area contributed by atoms with Gasteiger partial charge in [0.1, 0.15) is 17.8 Å². The number of nitrogens with one attached hydrogen (secondary N) is 1. The van der Waals surface area contributed by atoms with Gasteiger partial charge in [0.25, 0.3) is 17.4 Å². The highest BCUT2D eigenvalue weighted by atomic mass is 16.7. The number of rotatable bonds is 13. The Bertz CT molecular complexity index is 781. The molecule has 0 aromatic carbocycles. The van der Waals surface area contributed by atoms with Crippen LogP contribution < -0.4 is 11.1 Å². The number of ether oxygens (including phenoxy) is 3. The molecule has 2 amide bonds. The largest absolute Gasteiger partial charge is 0.479 e. The highest BCUT2D eigenvalue weighted by Gasteiger charge is 2.74. The Morgan fingerprint density at radius 3 is 2.25 bits per heavy atom. The predicted octanol–water partition coefficient (Wildman–Crippen LogP) is -1.68. The molecule has 0 aromatic heterocycles. The molecule has 0 spiro atoms. The van der Waals surface area contributed by atoms with Gasteiger partial charge in [-0.1, -0.05) is 25.7 Å². The van der Waals surface area contributed by atoms with Gasteiger partial charge in [-0.25, -0.2) is 4.79 Å². The number of carboxylic acids is 1. The molecule has 0 unspecified atom stereocenters. The first kappa shape index (κ1) is 30.4. The SMILES string of the molecule is CO[C@H]1C(=O)N(C)[C@@](C(=O)O)(C(=O)N[C@@H]2[C@H](O)[C@@H](O)[C@@H](OCCCCCCCCN)O[C@@H]2C)[C@]1(C)O. The van der Waals surface area contributed by atoms with Crippen LogP contribution in [-0.2, 0) is 28.6 Å². The molecule has 13 heteroatoms. The third-order valence-electron chi connectivity index (χ3n) is 7.20. The summed E-state index contributed by atoms with van der Waals surface area (Å²) in [6.45, 7) is 3.51. The van der Waals surface area contributed by atoms with Crippen molar-refractivity contribution in [2.45, 2.75) is 100 Å². The maximum Gasteiger partial charge on any atom is 0.342 e. The van der Waals surface area contributed by atoms with Gasteiger partial charge < -0.3 is 50.6 Å². The number of aliphatic hydroxyl groups is 3. The molecule has 8 atom stereocenters. The number of carbonyl (C=O) groups excluding carboxylic acids is 2. The number of hydrogen-bond donors (Lipinski definition) is 6. The second-order valence-corrected chi connectivity index (χ2v) is 9.65. The number of likely N-dealkylation sites (tertiary alicyclic amines) is 1. The third kappa shape index (κ3) is 5.52. The van der Waals surface area contributed by atoms with Gasteiger partial charge in [0.15, 0.2) is 12.4 Å². The normalized spacial score (nSPS) is 36.8. The van der Waals surface area contributed by atoms with Gasteiger partial charge in [-0.05, 0) is 33.2 Å². The molecule has 7 N–H and O–H groups in total. The van der Waals surface area contributed by atoms with Crippen LogP contribution >= 0.6 is 0 Å². The molecule has 2 rings (SSSR count). The Kier molecular flexibility index (Phi) is 10.6. The van der Waals surface area contributed by atoms with Crippen molar-refractivity contribution in [2.24, 2.45) is 5.73 Å². The molecule has 2 heterocycles. The molecular weight excluding hydrogens is 478 g/mol. The highest BCUT2D eigenvalue weighted by molar-refractivity contribution is 6.14. The molecule has 13 nitrogen and oxygen atoms in total. The lowest BCUT2D eigenvalue weighted by molar-refractivity contribution is -0.272. The lowest BCUT2D eigenvalue weighted by atomic mass is 9.79. The van der Waals surface area contributed by atoms with Gasteiger partial charge >= 0.3 is 5.97 Å². The zero-order valence-electron chi connectivity index (χ0n) is 21.4. The molecule has 2 fully saturated rings. The van der Waals surface area contributed by atoms with Crippen LogP contribution in [0.5, 0.6) is 0 Å². The number of nitrogens with two attached hydrogens (primary N) is 1. The van der Waals surface area contributed by atoms with Crippen molar-refractivity contribution < 1.29 is 49.0 Å². The van der Waals surface area contributed by atoms with E-state index in [1.807, 2.05) is 0 Å². The van der Waals surface area contributed by atoms with Gasteiger partial charge in [-0.15, -0.1) is 0 Å². The van der Waals surface area contributed by atoms with E-state index in [2.05, 4.69) is 5.32 Å². The summed E-state index contributed by atoms with van der Waals surface area (Å²) >= 11 is 0. The number of carboxylic acid groups (broad SMARTS) is 1. The summed E-state index contributed by atoms with van der Waals surface area (Å²) in [6, 6.07) is -1.26. The zero-order chi connectivity index (χ0) is 27.3. The maximum absolute atomic E-state index is 13.3. The Labute approximate surface area is 210 Å². The molecule has 2 aliphatic heterocycles. The average molecular weight is 520 g/mol. The van der Waals surface area contributed by atoms with Crippen LogP contribution in [0.3, 0.4) is 0 Å². The van der Waals surface area contributed by atoms with Gasteiger partial charge in [0.2, 0.25) is 0 Å². The number of aliphatic hydroxyl groups excluding tert-OH is 2. The minimum atomic E-state index is -2.76. The summed E-state index contributed by atoms with van der Waals surface area (Å²) in [5, 5.41) is 44.6. The number of nitrogens with zero attached hydrogens (tertiary/aromatic N) is 1. The average Bonchev–Trinajstić information content (AvgIpc) is 2.97. The first-order valence-electron chi connectivity index (χ1n) is 12.3. The number of hydrogen-bond acceptors (Lipinski definition) is 10. The van der Waals surface area contributed by atoms with Crippen LogP contribution in [0.4, 0.5) is 0 Å². The van der Waals surface area contributed by atoms with E-state index in [1.165, 1.54) is 6.92 Å². The first-order valence-corrected chi connectivity index (χ1v) is 12.3. The lowest BCUT2D eigenvalue weighted by Gasteiger charge is -2.44. The Hall–Kier alpha value is -1.87. The van der Waals surface area contributed by atoms with Gasteiger partial charge in [0, 0.05) is 20.8 Å². The molecule has 36 heavy (non-hydrogen) atoms. The number of amides is 2. The molecule has 0 saturated carbocycles. The first-order chi connectivity index (χ1) is 16.9. The Balaban J connectivity index is 2.04. The number of likely N-dealkylation sites (N-methyl/N-ethyl adjacent to an activating group) is 1. The van der Waals surface area contributed by atoms with Crippen molar-refractivity contribution in [2.75, 3.05) is 27.3 Å². The van der Waals surface area contributed by atoms with E-state index < -0.39 is 65.7 Å². The van der Waals surface area contributed by atoms with E-state index in [9.17, 15) is 34.8 Å². The van der Waals surface area contributed by atoms with Crippen molar-refractivity contribution in [3.63, 3.8) is 0 Å². The summed E-state index contributed by atoms with van der Waals surface area (Å²) < 4.78 is 16.3. The highest BCUT2D eigenvalue weighted by Crippen LogP contribution is 2.41. The number of aliphatic carboxylic acids is 1. The summed E-state index contributed by atoms with van der Waals surface area (Å²) in [5.41, 5.74) is 0.259. The van der Waals surface area contributed by atoms with E-state index in [4.69, 9.17) is 19.9 Å². The predicted molar refractivity (Wildman–Crippen MR) is 126 cm³/mol. The smallest absolute Gasteiger partial charge is 0.342 e. The summed E-state index contributed by atoms with van der Waals surface area (Å²) in [5.74, 6) is -3.96. The van der Waals surface area contributed by atoms with Crippen LogP contribution in [0.15, 0.2) is 0 Å². The molecular formula is C23H41N3O10. The molecule has 2 aliphatic rings. The van der Waals surface area contributed by atoms with Gasteiger partial charge in [-0.3, -0.25) is 9.59 Å². The summed E-state index contributed by atoms with van der Waals surface area (Å²) in [4.78, 5) is 38.8. The maximum atomic E-state index is 13.3. The monoisotopic (exact) mass is 519 g/mol. The molecule has 2 saturated heterocycles. The fraction of sp³-hybridized carbons (Fsp3) is 0.870. The van der Waals surface area contributed by atoms with Crippen molar-refractivity contribution in [3.05, 3.63) is 0 Å². The van der Waals surface area contributed by atoms with Crippen molar-refractivity contribution in [1.82, 2.24) is 10.2 Å². The van der Waals surface area contributed by atoms with Crippen molar-refractivity contribution in [1.29, 1.82) is 0 Å². The molecule has 0 bridgehead atoms. The van der Waals surface area contributed by atoms with E-state index >= 15 is 0 Å². The van der Waals surface area contributed by atoms with Crippen LogP contribution in [-0.4, -0.2) is 118 Å². The minimum Gasteiger partial charge on any atom is -0.479 e. The van der Waals surface area contributed by atoms with Crippen molar-refractivity contribution in [3.8, 4) is 0 Å². The number of methoxy groups -OCH3 is 1. The second kappa shape index (κ2) is 12.6. The second-order valence-electron chi connectivity index (χ2n) is 9.65. The van der Waals surface area contributed by atoms with E-state index in [-0.39, 0.29) is 0 Å². The Morgan fingerprint density at radius 2 is 1.72 bits per heavy atom. The summed E-state index contributed by atoms with van der Waals surface area (Å²) in [6.07, 6.45) is -0.929. The fourth-order valence-corrected chi connectivity index (χ4v) is 5.06. The van der Waals surface area contributed by atoms with Crippen LogP contribution in [0.25, 0.3) is 0 Å². The lowest BCUT2D eigenvalue weighted by Crippen LogP contribution is -2.74. The van der Waals surface area contributed by atoms with E-state index in [1.54, 1.807) is 0 Å². The van der Waals surface area contributed by atoms with Gasteiger partial charge in [-0.2, -0.15) is 0 Å². The molecule has 0 aromatic rings. The molecule has 208 valence electrons. The zero-order valence-corrected chi connectivity index (χ0v) is 21.4. The van der Waals surface area contributed by atoms with Crippen molar-refractivity contribution >= 4 is 17.8 Å². The summed E-state index contributed by atoms with van der Waals surface area (Å²) in [7, 11) is 2.18. The quantitative estimate of drug-likeness (QED) is 0.120. The van der Waals surface area contributed by atoms with Gasteiger partial charge in [0.05, 0.1) is 12.1 Å². The molecule has 0 aliphatic carbocycles. The van der Waals surface area contributed by atoms with E-state index in [0.717, 1.165) is 59.6 Å². The standard InChI is InChI=1S/C23H41N3O10/c1-13-14(15(27)16(28)19(36-13)35-12-10-8-6-5-7-9-11-24)25-20(30)23(21(31)32)22(2,33)17(34-4)18(29)26(23)3/h13-17,19,27-28,33H,5-12,24H2,1-4H3,(H,25,30)(H,31,32)/t13-,14+,15+,16-,17+,19+,22-,23-/m1/s1. The number of carbonyl (C=O) groups is 3. The minimum absolute atomic E-state index is 0.297. The van der Waals surface area contributed by atoms with Crippen LogP contribution in [0.1, 0.15) is 52.4 Å². The topological polar surface area (TPSA) is 201 Å². The number of unbranched alkanes of at least 4 members (excludes halogenated alkanes) is 5. The fourth-order valence-electron chi connectivity index (χ4n) is 5.06. The van der Waals surface area contributed by atoms with Crippen LogP contribution in [0.2, 0.25) is 0 Å².